The van der Waals surface area contributed by atoms with E-state index in [2.05, 4.69) is 88.8 Å². The van der Waals surface area contributed by atoms with Crippen LogP contribution in [0.3, 0.4) is 0 Å². The topological polar surface area (TPSA) is 268 Å². The van der Waals surface area contributed by atoms with Crippen molar-refractivity contribution in [2.45, 2.75) is 53.3 Å². The largest absolute Gasteiger partial charge is 0.497 e. The molecule has 106 heavy (non-hydrogen) atoms. The molecule has 0 saturated carbocycles. The third-order valence-corrected chi connectivity index (χ3v) is 18.8. The van der Waals surface area contributed by atoms with Crippen LogP contribution in [0.1, 0.15) is 84.5 Å². The number of aliphatic hydroxyl groups excluding tert-OH is 4. The van der Waals surface area contributed by atoms with Crippen LogP contribution in [0.5, 0.6) is 17.2 Å². The minimum Gasteiger partial charge on any atom is -0.497 e. The van der Waals surface area contributed by atoms with E-state index in [9.17, 15) is 44.4 Å². The van der Waals surface area contributed by atoms with Crippen LogP contribution < -0.4 is 55.1 Å². The van der Waals surface area contributed by atoms with Gasteiger partial charge in [0.15, 0.2) is 0 Å². The van der Waals surface area contributed by atoms with Crippen molar-refractivity contribution in [3.8, 4) is 17.2 Å². The lowest BCUT2D eigenvalue weighted by Gasteiger charge is -2.35. The predicted molar refractivity (Wildman–Crippen MR) is 420 cm³/mol. The smallest absolute Gasteiger partial charge is 0.255 e. The van der Waals surface area contributed by atoms with E-state index in [4.69, 9.17) is 14.2 Å². The van der Waals surface area contributed by atoms with E-state index in [1.54, 1.807) is 73.7 Å². The molecule has 0 spiro atoms. The number of anilines is 8. The number of piperazine rings is 4. The summed E-state index contributed by atoms with van der Waals surface area (Å²) in [5, 5.41) is 49.1. The Morgan fingerprint density at radius 1 is 0.377 bits per heavy atom. The number of ether oxygens (including phenoxy) is 3. The highest BCUT2D eigenvalue weighted by molar-refractivity contribution is 6.07. The minimum absolute atomic E-state index is 0.0791. The lowest BCUT2D eigenvalue weighted by atomic mass is 10.0. The standard InChI is InChI=1S/C21H27N3O4.C21H27N3O2.C20H25N3O3.C20H23N3O3/c1-23-7-9-24(10-8-23)18-5-3-17(4-6-18)22-21(27)15-11-16(13-25)19(14-26)20(12-15)28-2;1-16(2)26-20-6-4-5-17(15-20)21(25)22-18-7-9-19(10-8-18)24-13-11-23(3)12-14-24;1-22-7-9-23(10-8-22)18-5-3-17(4-6-18)21-20(25)16-11-15(14-24)12-19(13-16)26-2;1-15(25)22-9-11-23(12-10-22)19-7-5-18(6-8-19)21-20(26)17-4-2-3-16(13-17)14-24/h3-6,11-12,25-26H,7-10,13-14H2,1-2H3,(H,22,27);4-10,15-16H,11-14H2,1-3H3,(H,22,25);3-6,11-13,24H,7-10,14H2,1-2H3,(H,21,25);2-8,13,24H,9-12,14H2,1H3,(H,21,26). The molecule has 12 rings (SSSR count). The highest BCUT2D eigenvalue weighted by atomic mass is 16.5. The van der Waals surface area contributed by atoms with Gasteiger partial charge < -0.3 is 95.1 Å². The number of hydrogen-bond acceptors (Lipinski definition) is 19. The summed E-state index contributed by atoms with van der Waals surface area (Å²) in [6.07, 6.45) is 0.0791. The van der Waals surface area contributed by atoms with Crippen molar-refractivity contribution in [3.05, 3.63) is 220 Å². The Hall–Kier alpha value is -10.6. The number of likely N-dealkylation sites (N-methyl/N-ethyl adjacent to an activating group) is 3. The van der Waals surface area contributed by atoms with Crippen molar-refractivity contribution >= 4 is 75.0 Å². The van der Waals surface area contributed by atoms with Gasteiger partial charge in [0, 0.05) is 185 Å². The Morgan fingerprint density at radius 2 is 0.736 bits per heavy atom. The SMILES string of the molecule is CC(=O)N1CCN(c2ccc(NC(=O)c3cccc(CO)c3)cc2)CC1.CC(C)Oc1cccc(C(=O)Nc2ccc(N3CCN(C)CC3)cc2)c1.COc1cc(C(=O)Nc2ccc(N3CCN(C)CC3)cc2)cc(CO)c1CO.COc1cc(CO)cc(C(=O)Nc2ccc(N3CCN(C)CC3)cc2)c1. The second-order valence-corrected chi connectivity index (χ2v) is 26.8. The fourth-order valence-corrected chi connectivity index (χ4v) is 12.4. The quantitative estimate of drug-likeness (QED) is 0.0353. The maximum Gasteiger partial charge on any atom is 0.255 e. The average Bonchev–Trinajstić information content (AvgIpc) is 0.838. The Balaban J connectivity index is 0.000000164. The van der Waals surface area contributed by atoms with Gasteiger partial charge in [-0.25, -0.2) is 0 Å². The van der Waals surface area contributed by atoms with E-state index in [0.29, 0.717) is 67.4 Å². The highest BCUT2D eigenvalue weighted by Crippen LogP contribution is 2.29. The first-order chi connectivity index (χ1) is 51.2. The molecule has 4 fully saturated rings. The number of carbonyl (C=O) groups is 5. The molecule has 562 valence electrons. The van der Waals surface area contributed by atoms with Crippen LogP contribution in [0.4, 0.5) is 45.5 Å². The summed E-state index contributed by atoms with van der Waals surface area (Å²) < 4.78 is 16.1. The molecule has 0 atom stereocenters. The number of hydrogen-bond donors (Lipinski definition) is 8. The summed E-state index contributed by atoms with van der Waals surface area (Å²) in [6.45, 7) is 20.2. The Labute approximate surface area is 622 Å². The number of benzene rings is 8. The average molecular weight is 1450 g/mol. The van der Waals surface area contributed by atoms with Crippen molar-refractivity contribution in [1.29, 1.82) is 0 Å². The number of amides is 5. The summed E-state index contributed by atoms with van der Waals surface area (Å²) in [5.41, 5.74) is 11.7. The lowest BCUT2D eigenvalue weighted by molar-refractivity contribution is -0.129. The number of rotatable bonds is 20. The molecule has 4 aliphatic heterocycles. The third kappa shape index (κ3) is 23.2. The van der Waals surface area contributed by atoms with Crippen LogP contribution in [0.2, 0.25) is 0 Å². The summed E-state index contributed by atoms with van der Waals surface area (Å²) in [4.78, 5) is 79.5. The minimum atomic E-state index is -0.301. The van der Waals surface area contributed by atoms with Gasteiger partial charge in [-0.05, 0) is 209 Å². The van der Waals surface area contributed by atoms with Crippen LogP contribution in [0, 0.1) is 0 Å². The van der Waals surface area contributed by atoms with Crippen LogP contribution in [0.25, 0.3) is 0 Å². The molecule has 0 bridgehead atoms. The van der Waals surface area contributed by atoms with E-state index < -0.39 is 0 Å². The number of nitrogens with zero attached hydrogens (tertiary/aromatic N) is 8. The first kappa shape index (κ1) is 79.5. The van der Waals surface area contributed by atoms with E-state index in [1.165, 1.54) is 25.6 Å². The third-order valence-electron chi connectivity index (χ3n) is 18.8. The summed E-state index contributed by atoms with van der Waals surface area (Å²) in [6, 6.07) is 53.8. The van der Waals surface area contributed by atoms with Gasteiger partial charge >= 0.3 is 0 Å². The molecule has 4 aliphatic rings. The molecular weight excluding hydrogens is 1340 g/mol. The van der Waals surface area contributed by atoms with Gasteiger partial charge in [-0.15, -0.1) is 0 Å². The van der Waals surface area contributed by atoms with Gasteiger partial charge in [0.2, 0.25) is 5.91 Å². The molecular formula is C82H102N12O12. The van der Waals surface area contributed by atoms with Crippen molar-refractivity contribution in [2.24, 2.45) is 0 Å². The Kier molecular flexibility index (Phi) is 29.7. The lowest BCUT2D eigenvalue weighted by Crippen LogP contribution is -2.48. The van der Waals surface area contributed by atoms with Gasteiger partial charge in [0.25, 0.3) is 23.6 Å². The molecule has 0 radical (unpaired) electrons. The molecule has 8 aromatic carbocycles. The molecule has 0 aromatic heterocycles. The first-order valence-corrected chi connectivity index (χ1v) is 35.9. The number of nitrogens with one attached hydrogen (secondary N) is 4. The van der Waals surface area contributed by atoms with Crippen molar-refractivity contribution in [2.75, 3.05) is 181 Å². The second-order valence-electron chi connectivity index (χ2n) is 26.8. The van der Waals surface area contributed by atoms with Crippen LogP contribution >= 0.6 is 0 Å². The monoisotopic (exact) mass is 1450 g/mol. The van der Waals surface area contributed by atoms with Crippen molar-refractivity contribution in [3.63, 3.8) is 0 Å². The van der Waals surface area contributed by atoms with Gasteiger partial charge in [-0.2, -0.15) is 0 Å². The summed E-state index contributed by atoms with van der Waals surface area (Å²) >= 11 is 0. The first-order valence-electron chi connectivity index (χ1n) is 35.9. The Bertz CT molecular complexity index is 4110. The van der Waals surface area contributed by atoms with Gasteiger partial charge in [-0.1, -0.05) is 18.2 Å². The molecule has 4 saturated heterocycles. The normalized spacial score (nSPS) is 14.8. The molecule has 8 N–H and O–H groups in total. The van der Waals surface area contributed by atoms with Crippen LogP contribution in [0.15, 0.2) is 176 Å². The number of aliphatic hydroxyl groups is 4. The maximum absolute atomic E-state index is 12.6. The Morgan fingerprint density at radius 3 is 1.09 bits per heavy atom. The van der Waals surface area contributed by atoms with Crippen molar-refractivity contribution in [1.82, 2.24) is 19.6 Å². The number of methoxy groups -OCH3 is 2. The molecule has 24 nitrogen and oxygen atoms in total. The van der Waals surface area contributed by atoms with E-state index in [0.717, 1.165) is 133 Å². The molecule has 8 aromatic rings. The fourth-order valence-electron chi connectivity index (χ4n) is 12.4. The van der Waals surface area contributed by atoms with Crippen LogP contribution in [-0.4, -0.2) is 216 Å². The summed E-state index contributed by atoms with van der Waals surface area (Å²) in [7, 11) is 9.41. The van der Waals surface area contributed by atoms with Crippen LogP contribution in [-0.2, 0) is 31.2 Å². The highest BCUT2D eigenvalue weighted by Gasteiger charge is 2.22. The number of carbonyl (C=O) groups excluding carboxylic acids is 5. The molecule has 0 unspecified atom stereocenters. The van der Waals surface area contributed by atoms with Gasteiger partial charge in [0.05, 0.1) is 46.8 Å². The van der Waals surface area contributed by atoms with E-state index in [-0.39, 0.29) is 62.1 Å². The summed E-state index contributed by atoms with van der Waals surface area (Å²) in [5.74, 6) is 0.883. The van der Waals surface area contributed by atoms with Crippen molar-refractivity contribution < 1.29 is 58.6 Å². The molecule has 0 aliphatic carbocycles. The predicted octanol–water partition coefficient (Wildman–Crippen LogP) is 9.45. The zero-order valence-corrected chi connectivity index (χ0v) is 62.1. The maximum atomic E-state index is 12.6. The molecule has 4 heterocycles. The fraction of sp³-hybridized carbons (Fsp3) is 0.354. The van der Waals surface area contributed by atoms with E-state index in [1.807, 2.05) is 116 Å². The molecule has 5 amide bonds. The zero-order valence-electron chi connectivity index (χ0n) is 62.1. The molecule has 24 heteroatoms. The zero-order chi connectivity index (χ0) is 75.7. The van der Waals surface area contributed by atoms with Gasteiger partial charge in [0.1, 0.15) is 17.2 Å². The second kappa shape index (κ2) is 39.5. The van der Waals surface area contributed by atoms with E-state index >= 15 is 0 Å². The van der Waals surface area contributed by atoms with Gasteiger partial charge in [-0.3, -0.25) is 24.0 Å².